The van der Waals surface area contributed by atoms with Crippen molar-refractivity contribution in [3.05, 3.63) is 42.5 Å². The molecule has 132 valence electrons. The Bertz CT molecular complexity index is 668. The summed E-state index contributed by atoms with van der Waals surface area (Å²) in [5.41, 5.74) is 1.51. The molecule has 7 heteroatoms. The van der Waals surface area contributed by atoms with Crippen LogP contribution < -0.4 is 15.1 Å². The summed E-state index contributed by atoms with van der Waals surface area (Å²) in [5, 5.41) is 2.89. The summed E-state index contributed by atoms with van der Waals surface area (Å²) in [6.07, 6.45) is 7.36. The number of hydrogen-bond acceptors (Lipinski definition) is 6. The maximum atomic E-state index is 12.0. The van der Waals surface area contributed by atoms with Crippen molar-refractivity contribution in [3.8, 4) is 0 Å². The highest BCUT2D eigenvalue weighted by atomic mass is 16.1. The van der Waals surface area contributed by atoms with Gasteiger partial charge in [0.2, 0.25) is 5.95 Å². The first-order valence-corrected chi connectivity index (χ1v) is 8.79. The third-order valence-electron chi connectivity index (χ3n) is 4.28. The van der Waals surface area contributed by atoms with Crippen molar-refractivity contribution < 1.29 is 4.79 Å². The van der Waals surface area contributed by atoms with Crippen LogP contribution in [0.5, 0.6) is 0 Å². The zero-order chi connectivity index (χ0) is 17.5. The van der Waals surface area contributed by atoms with Crippen molar-refractivity contribution >= 4 is 17.5 Å². The van der Waals surface area contributed by atoms with Crippen molar-refractivity contribution in [2.24, 2.45) is 0 Å². The first-order valence-electron chi connectivity index (χ1n) is 8.79. The van der Waals surface area contributed by atoms with Gasteiger partial charge in [-0.15, -0.1) is 0 Å². The fraction of sp³-hybridized carbons (Fsp3) is 0.444. The lowest BCUT2D eigenvalue weighted by atomic mass is 10.2. The number of nitrogens with zero attached hydrogens (tertiary/aromatic N) is 5. The van der Waals surface area contributed by atoms with Crippen molar-refractivity contribution in [1.82, 2.24) is 20.3 Å². The molecule has 1 fully saturated rings. The number of carbonyl (C=O) groups excluding carboxylic acids is 1. The van der Waals surface area contributed by atoms with Crippen LogP contribution in [-0.2, 0) is 0 Å². The van der Waals surface area contributed by atoms with Crippen molar-refractivity contribution in [3.63, 3.8) is 0 Å². The summed E-state index contributed by atoms with van der Waals surface area (Å²) in [6, 6.07) is 5.59. The van der Waals surface area contributed by atoms with E-state index in [9.17, 15) is 4.79 Å². The van der Waals surface area contributed by atoms with Gasteiger partial charge in [0.15, 0.2) is 0 Å². The van der Waals surface area contributed by atoms with E-state index in [1.54, 1.807) is 24.7 Å². The molecular weight excluding hydrogens is 316 g/mol. The number of pyridine rings is 1. The molecule has 3 heterocycles. The monoisotopic (exact) mass is 340 g/mol. The third kappa shape index (κ3) is 4.43. The van der Waals surface area contributed by atoms with Gasteiger partial charge in [-0.3, -0.25) is 4.79 Å². The Morgan fingerprint density at radius 3 is 2.44 bits per heavy atom. The molecule has 0 saturated carbocycles. The molecule has 0 atom stereocenters. The van der Waals surface area contributed by atoms with Crippen LogP contribution in [0.15, 0.2) is 36.8 Å². The molecule has 1 amide bonds. The van der Waals surface area contributed by atoms with Gasteiger partial charge < -0.3 is 15.1 Å². The highest BCUT2D eigenvalue weighted by Gasteiger charge is 2.19. The molecule has 0 aromatic carbocycles. The molecule has 1 N–H and O–H groups in total. The molecule has 0 radical (unpaired) electrons. The number of hydrogen-bond donors (Lipinski definition) is 1. The second-order valence-corrected chi connectivity index (χ2v) is 6.03. The molecule has 7 nitrogen and oxygen atoms in total. The molecule has 0 bridgehead atoms. The van der Waals surface area contributed by atoms with Gasteiger partial charge in [-0.25, -0.2) is 15.0 Å². The highest BCUT2D eigenvalue weighted by molar-refractivity contribution is 5.92. The molecule has 0 unspecified atom stereocenters. The number of unbranched alkanes of at least 4 members (excludes halogenated alkanes) is 1. The summed E-state index contributed by atoms with van der Waals surface area (Å²) >= 11 is 0. The Kier molecular flexibility index (Phi) is 5.77. The minimum atomic E-state index is -0.106. The second-order valence-electron chi connectivity index (χ2n) is 6.03. The molecule has 25 heavy (non-hydrogen) atoms. The zero-order valence-corrected chi connectivity index (χ0v) is 14.6. The fourth-order valence-electron chi connectivity index (χ4n) is 2.80. The van der Waals surface area contributed by atoms with Gasteiger partial charge in [0, 0.05) is 45.1 Å². The van der Waals surface area contributed by atoms with Crippen LogP contribution in [0.25, 0.3) is 0 Å². The van der Waals surface area contributed by atoms with Crippen LogP contribution in [0.1, 0.15) is 30.3 Å². The Morgan fingerprint density at radius 1 is 1.08 bits per heavy atom. The Hall–Kier alpha value is -2.70. The van der Waals surface area contributed by atoms with Crippen LogP contribution in [0.4, 0.5) is 11.6 Å². The molecule has 0 spiro atoms. The number of rotatable bonds is 6. The molecule has 2 aromatic rings. The predicted molar refractivity (Wildman–Crippen MR) is 97.9 cm³/mol. The normalized spacial score (nSPS) is 14.4. The number of anilines is 2. The van der Waals surface area contributed by atoms with Crippen LogP contribution in [0, 0.1) is 0 Å². The summed E-state index contributed by atoms with van der Waals surface area (Å²) in [5.74, 6) is 0.672. The van der Waals surface area contributed by atoms with Crippen molar-refractivity contribution in [2.45, 2.75) is 19.8 Å². The van der Waals surface area contributed by atoms with Crippen LogP contribution in [0.2, 0.25) is 0 Å². The molecule has 1 saturated heterocycles. The minimum Gasteiger partial charge on any atom is -0.367 e. The predicted octanol–water partition coefficient (Wildman–Crippen LogP) is 1.73. The van der Waals surface area contributed by atoms with E-state index in [1.807, 2.05) is 12.1 Å². The van der Waals surface area contributed by atoms with E-state index in [-0.39, 0.29) is 5.91 Å². The number of piperazine rings is 1. The molecule has 1 aliphatic heterocycles. The molecule has 2 aromatic heterocycles. The second kappa shape index (κ2) is 8.41. The molecule has 1 aliphatic rings. The summed E-state index contributed by atoms with van der Waals surface area (Å²) in [6.45, 7) is 6.28. The van der Waals surface area contributed by atoms with E-state index in [1.165, 1.54) is 0 Å². The maximum absolute atomic E-state index is 12.0. The Morgan fingerprint density at radius 2 is 1.80 bits per heavy atom. The Balaban J connectivity index is 1.54. The van der Waals surface area contributed by atoms with Crippen LogP contribution >= 0.6 is 0 Å². The van der Waals surface area contributed by atoms with Crippen LogP contribution in [-0.4, -0.2) is 53.6 Å². The van der Waals surface area contributed by atoms with Gasteiger partial charge in [0.25, 0.3) is 5.91 Å². The molecule has 3 rings (SSSR count). The lowest BCUT2D eigenvalue weighted by molar-refractivity contribution is 0.0948. The van der Waals surface area contributed by atoms with Crippen LogP contribution in [0.3, 0.4) is 0 Å². The lowest BCUT2D eigenvalue weighted by Gasteiger charge is -2.35. The maximum Gasteiger partial charge on any atom is 0.269 e. The van der Waals surface area contributed by atoms with E-state index in [0.29, 0.717) is 12.2 Å². The van der Waals surface area contributed by atoms with Gasteiger partial charge in [0.1, 0.15) is 5.69 Å². The number of aromatic nitrogens is 3. The minimum absolute atomic E-state index is 0.106. The smallest absolute Gasteiger partial charge is 0.269 e. The largest absolute Gasteiger partial charge is 0.367 e. The zero-order valence-electron chi connectivity index (χ0n) is 14.6. The quantitative estimate of drug-likeness (QED) is 0.807. The topological polar surface area (TPSA) is 74.2 Å². The molecule has 0 aliphatic carbocycles. The number of nitrogens with one attached hydrogen (secondary N) is 1. The van der Waals surface area contributed by atoms with Gasteiger partial charge in [-0.1, -0.05) is 13.3 Å². The lowest BCUT2D eigenvalue weighted by Crippen LogP contribution is -2.47. The summed E-state index contributed by atoms with van der Waals surface area (Å²) < 4.78 is 0. The molecular formula is C18H24N6O. The van der Waals surface area contributed by atoms with E-state index in [2.05, 4.69) is 37.0 Å². The third-order valence-corrected chi connectivity index (χ3v) is 4.28. The van der Waals surface area contributed by atoms with E-state index < -0.39 is 0 Å². The van der Waals surface area contributed by atoms with E-state index >= 15 is 0 Å². The average molecular weight is 340 g/mol. The standard InChI is InChI=1S/C18H24N6O/c1-2-3-7-19-17(25)16-6-5-15(14-22-16)23-10-12-24(13-11-23)18-20-8-4-9-21-18/h4-6,8-9,14H,2-3,7,10-13H2,1H3,(H,19,25). The Labute approximate surface area is 148 Å². The van der Waals surface area contributed by atoms with Gasteiger partial charge in [-0.2, -0.15) is 0 Å². The summed E-state index contributed by atoms with van der Waals surface area (Å²) in [7, 11) is 0. The van der Waals surface area contributed by atoms with Gasteiger partial charge in [0.05, 0.1) is 11.9 Å². The van der Waals surface area contributed by atoms with E-state index in [0.717, 1.165) is 50.7 Å². The first-order chi connectivity index (χ1) is 12.3. The summed E-state index contributed by atoms with van der Waals surface area (Å²) in [4.78, 5) is 29.4. The van der Waals surface area contributed by atoms with Gasteiger partial charge >= 0.3 is 0 Å². The highest BCUT2D eigenvalue weighted by Crippen LogP contribution is 2.17. The fourth-order valence-corrected chi connectivity index (χ4v) is 2.80. The van der Waals surface area contributed by atoms with Crippen molar-refractivity contribution in [1.29, 1.82) is 0 Å². The SMILES string of the molecule is CCCCNC(=O)c1ccc(N2CCN(c3ncccn3)CC2)cn1. The van der Waals surface area contributed by atoms with Crippen molar-refractivity contribution in [2.75, 3.05) is 42.5 Å². The first kappa shape index (κ1) is 17.1. The van der Waals surface area contributed by atoms with E-state index in [4.69, 9.17) is 0 Å². The number of amides is 1. The number of carbonyl (C=O) groups is 1. The average Bonchev–Trinajstić information content (AvgIpc) is 2.69. The van der Waals surface area contributed by atoms with Gasteiger partial charge in [-0.05, 0) is 24.6 Å².